The number of aryl methyl sites for hydroxylation is 4. The van der Waals surface area contributed by atoms with E-state index in [2.05, 4.69) is 21.2 Å². The number of carbonyl (C=O) groups excluding carboxylic acids is 2. The van der Waals surface area contributed by atoms with Crippen molar-refractivity contribution < 1.29 is 19.1 Å². The van der Waals surface area contributed by atoms with Crippen LogP contribution in [0.25, 0.3) is 6.08 Å². The highest BCUT2D eigenvalue weighted by atomic mass is 79.9. The van der Waals surface area contributed by atoms with E-state index < -0.39 is 0 Å². The number of ether oxygens (including phenoxy) is 2. The molecule has 6 nitrogen and oxygen atoms in total. The van der Waals surface area contributed by atoms with Crippen molar-refractivity contribution in [2.24, 2.45) is 0 Å². The Labute approximate surface area is 240 Å². The van der Waals surface area contributed by atoms with Gasteiger partial charge in [0.25, 0.3) is 11.8 Å². The van der Waals surface area contributed by atoms with E-state index in [9.17, 15) is 9.59 Å². The molecule has 3 aromatic carbocycles. The van der Waals surface area contributed by atoms with Crippen molar-refractivity contribution in [1.82, 2.24) is 0 Å². The molecule has 1 aliphatic heterocycles. The van der Waals surface area contributed by atoms with Gasteiger partial charge in [0.15, 0.2) is 22.4 Å². The molecule has 38 heavy (non-hydrogen) atoms. The number of benzene rings is 3. The Morgan fingerprint density at radius 1 is 1.00 bits per heavy atom. The third-order valence-electron chi connectivity index (χ3n) is 6.24. The summed E-state index contributed by atoms with van der Waals surface area (Å²) in [6, 6.07) is 15.0. The lowest BCUT2D eigenvalue weighted by Crippen LogP contribution is -2.27. The molecule has 3 aromatic rings. The van der Waals surface area contributed by atoms with Crippen LogP contribution in [0.3, 0.4) is 0 Å². The second-order valence-corrected chi connectivity index (χ2v) is 11.5. The van der Waals surface area contributed by atoms with Crippen LogP contribution < -0.4 is 19.7 Å². The molecule has 1 aliphatic rings. The molecule has 0 saturated carbocycles. The lowest BCUT2D eigenvalue weighted by Gasteiger charge is -2.16. The number of hydrogen-bond donors (Lipinski definition) is 1. The SMILES string of the molecule is COc1cc(C=C2SC(=S)N(c3ccc(C)c(C)c3)C2=O)ccc1OCC(=O)Nc1cc(C)c(C)cc1Br. The summed E-state index contributed by atoms with van der Waals surface area (Å²) in [4.78, 5) is 27.8. The molecule has 2 amide bonds. The number of nitrogens with one attached hydrogen (secondary N) is 1. The predicted octanol–water partition coefficient (Wildman–Crippen LogP) is 7.11. The van der Waals surface area contributed by atoms with E-state index in [0.29, 0.717) is 26.4 Å². The van der Waals surface area contributed by atoms with Gasteiger partial charge in [0.2, 0.25) is 0 Å². The number of carbonyl (C=O) groups is 2. The molecule has 0 unspecified atom stereocenters. The second kappa shape index (κ2) is 11.7. The molecule has 0 aliphatic carbocycles. The third kappa shape index (κ3) is 6.11. The molecule has 4 rings (SSSR count). The van der Waals surface area contributed by atoms with E-state index >= 15 is 0 Å². The Hall–Kier alpha value is -3.14. The topological polar surface area (TPSA) is 67.9 Å². The van der Waals surface area contributed by atoms with Gasteiger partial charge in [-0.3, -0.25) is 14.5 Å². The Kier molecular flexibility index (Phi) is 8.60. The van der Waals surface area contributed by atoms with Gasteiger partial charge in [-0.05, 0) is 114 Å². The molecule has 0 spiro atoms. The van der Waals surface area contributed by atoms with Crippen LogP contribution in [0.5, 0.6) is 11.5 Å². The van der Waals surface area contributed by atoms with Crippen molar-refractivity contribution in [2.45, 2.75) is 27.7 Å². The Balaban J connectivity index is 1.46. The largest absolute Gasteiger partial charge is 0.493 e. The summed E-state index contributed by atoms with van der Waals surface area (Å²) < 4.78 is 12.5. The van der Waals surface area contributed by atoms with Crippen LogP contribution in [-0.4, -0.2) is 29.9 Å². The summed E-state index contributed by atoms with van der Waals surface area (Å²) in [5, 5.41) is 2.86. The van der Waals surface area contributed by atoms with E-state index in [1.54, 1.807) is 29.2 Å². The molecular formula is C29H27BrN2O4S2. The lowest BCUT2D eigenvalue weighted by atomic mass is 10.1. The van der Waals surface area contributed by atoms with Gasteiger partial charge >= 0.3 is 0 Å². The first kappa shape index (κ1) is 27.9. The molecule has 0 atom stereocenters. The number of thiocarbonyl (C=S) groups is 1. The minimum atomic E-state index is -0.296. The number of amides is 2. The Morgan fingerprint density at radius 3 is 2.42 bits per heavy atom. The zero-order valence-electron chi connectivity index (χ0n) is 21.7. The lowest BCUT2D eigenvalue weighted by molar-refractivity contribution is -0.118. The van der Waals surface area contributed by atoms with Gasteiger partial charge in [-0.15, -0.1) is 0 Å². The minimum Gasteiger partial charge on any atom is -0.493 e. The van der Waals surface area contributed by atoms with Crippen molar-refractivity contribution in [3.05, 3.63) is 85.7 Å². The number of thioether (sulfide) groups is 1. The summed E-state index contributed by atoms with van der Waals surface area (Å²) >= 11 is 10.2. The van der Waals surface area contributed by atoms with E-state index in [-0.39, 0.29) is 18.4 Å². The van der Waals surface area contributed by atoms with Gasteiger partial charge in [0.05, 0.1) is 23.4 Å². The van der Waals surface area contributed by atoms with E-state index in [1.165, 1.54) is 18.9 Å². The van der Waals surface area contributed by atoms with Gasteiger partial charge < -0.3 is 14.8 Å². The smallest absolute Gasteiger partial charge is 0.270 e. The highest BCUT2D eigenvalue weighted by molar-refractivity contribution is 9.10. The highest BCUT2D eigenvalue weighted by Gasteiger charge is 2.33. The van der Waals surface area contributed by atoms with Crippen molar-refractivity contribution >= 4 is 73.5 Å². The van der Waals surface area contributed by atoms with Gasteiger partial charge in [0, 0.05) is 4.47 Å². The van der Waals surface area contributed by atoms with Crippen LogP contribution in [0.2, 0.25) is 0 Å². The van der Waals surface area contributed by atoms with Crippen LogP contribution in [-0.2, 0) is 9.59 Å². The van der Waals surface area contributed by atoms with E-state index in [4.69, 9.17) is 21.7 Å². The number of methoxy groups -OCH3 is 1. The zero-order valence-corrected chi connectivity index (χ0v) is 24.9. The minimum absolute atomic E-state index is 0.170. The fraction of sp³-hybridized carbons (Fsp3) is 0.207. The number of hydrogen-bond acceptors (Lipinski definition) is 6. The van der Waals surface area contributed by atoms with Gasteiger partial charge in [-0.1, -0.05) is 36.1 Å². The third-order valence-corrected chi connectivity index (χ3v) is 8.20. The Bertz CT molecular complexity index is 1490. The Morgan fingerprint density at radius 2 is 1.71 bits per heavy atom. The van der Waals surface area contributed by atoms with Crippen molar-refractivity contribution in [3.8, 4) is 11.5 Å². The number of rotatable bonds is 7. The number of nitrogens with zero attached hydrogens (tertiary/aromatic N) is 1. The fourth-order valence-electron chi connectivity index (χ4n) is 3.81. The maximum atomic E-state index is 13.2. The first-order chi connectivity index (χ1) is 18.1. The van der Waals surface area contributed by atoms with Crippen molar-refractivity contribution in [2.75, 3.05) is 23.9 Å². The standard InChI is InChI=1S/C29H27BrN2O4S2/c1-16-6-8-21(10-17(16)2)32-28(34)26(38-29(32)37)14-20-7-9-24(25(13-20)35-5)36-15-27(33)31-23-12-19(4)18(3)11-22(23)30/h6-14H,15H2,1-5H3,(H,31,33). The van der Waals surface area contributed by atoms with Crippen molar-refractivity contribution in [1.29, 1.82) is 0 Å². The molecule has 0 bridgehead atoms. The molecule has 1 fully saturated rings. The predicted molar refractivity (Wildman–Crippen MR) is 162 cm³/mol. The quantitative estimate of drug-likeness (QED) is 0.227. The number of anilines is 2. The van der Waals surface area contributed by atoms with Crippen LogP contribution in [0.4, 0.5) is 11.4 Å². The molecule has 1 N–H and O–H groups in total. The maximum Gasteiger partial charge on any atom is 0.270 e. The normalized spacial score (nSPS) is 14.3. The first-order valence-electron chi connectivity index (χ1n) is 11.8. The number of halogens is 1. The van der Waals surface area contributed by atoms with Crippen molar-refractivity contribution in [3.63, 3.8) is 0 Å². The zero-order chi connectivity index (χ0) is 27.6. The maximum absolute atomic E-state index is 13.2. The molecular weight excluding hydrogens is 584 g/mol. The monoisotopic (exact) mass is 610 g/mol. The summed E-state index contributed by atoms with van der Waals surface area (Å²) in [6.07, 6.45) is 1.77. The molecule has 1 heterocycles. The second-order valence-electron chi connectivity index (χ2n) is 8.95. The average Bonchev–Trinajstić information content (AvgIpc) is 3.15. The molecule has 0 radical (unpaired) electrons. The van der Waals surface area contributed by atoms with Gasteiger partial charge in [-0.2, -0.15) is 0 Å². The summed E-state index contributed by atoms with van der Waals surface area (Å²) in [6.45, 7) is 7.84. The average molecular weight is 612 g/mol. The molecule has 196 valence electrons. The van der Waals surface area contributed by atoms with Crippen LogP contribution in [0.1, 0.15) is 27.8 Å². The van der Waals surface area contributed by atoms with Gasteiger partial charge in [0.1, 0.15) is 0 Å². The van der Waals surface area contributed by atoms with Crippen LogP contribution in [0.15, 0.2) is 57.9 Å². The van der Waals surface area contributed by atoms with Crippen LogP contribution >= 0.6 is 39.9 Å². The van der Waals surface area contributed by atoms with E-state index in [0.717, 1.165) is 38.0 Å². The molecule has 9 heteroatoms. The fourth-order valence-corrected chi connectivity index (χ4v) is 5.66. The highest BCUT2D eigenvalue weighted by Crippen LogP contribution is 2.37. The van der Waals surface area contributed by atoms with Crippen LogP contribution in [0, 0.1) is 27.7 Å². The first-order valence-corrected chi connectivity index (χ1v) is 13.8. The van der Waals surface area contributed by atoms with Gasteiger partial charge in [-0.25, -0.2) is 0 Å². The van der Waals surface area contributed by atoms with E-state index in [1.807, 2.05) is 58.0 Å². The molecule has 0 aromatic heterocycles. The summed E-state index contributed by atoms with van der Waals surface area (Å²) in [7, 11) is 1.53. The molecule has 1 saturated heterocycles. The summed E-state index contributed by atoms with van der Waals surface area (Å²) in [5.74, 6) is 0.400. The summed E-state index contributed by atoms with van der Waals surface area (Å²) in [5.41, 5.74) is 6.64.